The second-order valence-electron chi connectivity index (χ2n) is 4.72. The number of nitrogens with two attached hydrogens (primary N) is 1. The lowest BCUT2D eigenvalue weighted by molar-refractivity contribution is -0.140. The first kappa shape index (κ1) is 7.92. The number of amides is 4. The minimum absolute atomic E-state index is 0.194. The molecule has 1 saturated heterocycles. The van der Waals surface area contributed by atoms with Crippen molar-refractivity contribution in [3.63, 3.8) is 0 Å². The highest BCUT2D eigenvalue weighted by Crippen LogP contribution is 2.35. The van der Waals surface area contributed by atoms with Gasteiger partial charge in [-0.3, -0.25) is 29.4 Å². The molecule has 1 aromatic rings. The molecule has 108 valence electrons. The van der Waals surface area contributed by atoms with E-state index in [1.54, 1.807) is 0 Å². The molecule has 1 fully saturated rings. The van der Waals surface area contributed by atoms with E-state index in [0.717, 1.165) is 0 Å². The third kappa shape index (κ3) is 1.67. The molecule has 0 spiro atoms. The van der Waals surface area contributed by atoms with E-state index in [2.05, 4.69) is 0 Å². The Labute approximate surface area is 128 Å². The highest BCUT2D eigenvalue weighted by Gasteiger charge is 2.53. The molecular weight excluding hydrogens is 274 g/mol. The monoisotopic (exact) mass is 293 g/mol. The second-order valence-corrected chi connectivity index (χ2v) is 4.72. The number of nitrogen functional groups attached to an aromatic ring is 1. The number of hydrogen-bond acceptors (Lipinski definition) is 5. The molecule has 2 aliphatic rings. The predicted molar refractivity (Wildman–Crippen MR) is 72.1 cm³/mol. The van der Waals surface area contributed by atoms with Crippen LogP contribution >= 0.6 is 0 Å². The average Bonchev–Trinajstić information content (AvgIpc) is 2.82. The Morgan fingerprint density at radius 1 is 1.33 bits per heavy atom. The number of fused-ring (bicyclic) bond motifs is 1. The first-order valence-electron chi connectivity index (χ1n) is 8.98. The number of carbonyl (C=O) groups is 4. The van der Waals surface area contributed by atoms with Crippen LogP contribution < -0.4 is 11.1 Å². The fourth-order valence-corrected chi connectivity index (χ4v) is 2.38. The molecule has 2 aliphatic heterocycles. The van der Waals surface area contributed by atoms with Crippen LogP contribution in [0.1, 0.15) is 48.6 Å². The van der Waals surface area contributed by atoms with Crippen LogP contribution in [0, 0.1) is 0 Å². The van der Waals surface area contributed by atoms with Gasteiger partial charge < -0.3 is 5.73 Å². The summed E-state index contributed by atoms with van der Waals surface area (Å²) < 4.78 is 46.6. The number of benzene rings is 1. The fraction of sp³-hybridized carbons (Fsp3) is 0.286. The number of anilines is 1. The molecule has 0 aliphatic carbocycles. The minimum Gasteiger partial charge on any atom is -0.398 e. The van der Waals surface area contributed by atoms with Gasteiger partial charge in [0.15, 0.2) is 0 Å². The zero-order valence-corrected chi connectivity index (χ0v) is 10.6. The van der Waals surface area contributed by atoms with E-state index in [1.807, 2.05) is 5.32 Å². The van der Waals surface area contributed by atoms with E-state index in [4.69, 9.17) is 14.0 Å². The first-order valence-corrected chi connectivity index (χ1v) is 5.98. The highest BCUT2D eigenvalue weighted by molar-refractivity contribution is 6.26. The normalized spacial score (nSPS) is 29.8. The summed E-state index contributed by atoms with van der Waals surface area (Å²) in [7, 11) is 0. The number of imide groups is 2. The summed E-state index contributed by atoms with van der Waals surface area (Å²) in [5.74, 6) is -4.62. The number of piperidine rings is 1. The lowest BCUT2D eigenvalue weighted by Gasteiger charge is -2.38. The molecule has 0 aromatic heterocycles. The number of carbonyl (C=O) groups excluding carboxylic acids is 4. The van der Waals surface area contributed by atoms with Crippen LogP contribution in [0.5, 0.6) is 0 Å². The van der Waals surface area contributed by atoms with Crippen LogP contribution in [0.4, 0.5) is 5.69 Å². The van der Waals surface area contributed by atoms with E-state index in [9.17, 15) is 19.2 Å². The van der Waals surface area contributed by atoms with Crippen molar-refractivity contribution in [3.8, 4) is 0 Å². The van der Waals surface area contributed by atoms with Crippen molar-refractivity contribution in [2.75, 3.05) is 5.73 Å². The summed E-state index contributed by atoms with van der Waals surface area (Å²) in [6, 6.07) is -2.13. The SMILES string of the molecule is [2H]c1c([2H])c(N)c2c(c1[2H])C(=O)N([C@@]1(C([2H])([2H])[2H])CCC(=O)NC1=O)C2=O. The van der Waals surface area contributed by atoms with Gasteiger partial charge in [0, 0.05) is 16.2 Å². The Balaban J connectivity index is 2.29. The Morgan fingerprint density at radius 3 is 2.76 bits per heavy atom. The Hall–Kier alpha value is -2.70. The lowest BCUT2D eigenvalue weighted by atomic mass is 9.89. The zero-order valence-electron chi connectivity index (χ0n) is 16.6. The molecule has 3 N–H and O–H groups in total. The predicted octanol–water partition coefficient (Wildman–Crippen LogP) is 0.0601. The smallest absolute Gasteiger partial charge is 0.264 e. The van der Waals surface area contributed by atoms with Gasteiger partial charge >= 0.3 is 0 Å². The van der Waals surface area contributed by atoms with Crippen LogP contribution in [0.15, 0.2) is 18.1 Å². The molecule has 7 nitrogen and oxygen atoms in total. The van der Waals surface area contributed by atoms with Crippen molar-refractivity contribution in [1.29, 1.82) is 0 Å². The average molecular weight is 293 g/mol. The molecular formula is C14H13N3O4. The van der Waals surface area contributed by atoms with Gasteiger partial charge in [-0.2, -0.15) is 0 Å². The van der Waals surface area contributed by atoms with Crippen LogP contribution in [0.25, 0.3) is 0 Å². The fourth-order valence-electron chi connectivity index (χ4n) is 2.38. The molecule has 0 radical (unpaired) electrons. The molecule has 0 bridgehead atoms. The van der Waals surface area contributed by atoms with Crippen LogP contribution in [-0.2, 0) is 9.59 Å². The maximum Gasteiger partial charge on any atom is 0.264 e. The molecule has 7 heteroatoms. The standard InChI is InChI=1S/C14H13N3O4/c1-14(6-5-9(18)16-13(14)21)17-11(19)7-3-2-4-8(15)10(7)12(17)20/h2-4H,5-6,15H2,1H3,(H,16,18,21)/t14-/m0/s1/i1D3,2D,3D,4D. The third-order valence-corrected chi connectivity index (χ3v) is 3.46. The van der Waals surface area contributed by atoms with Gasteiger partial charge in [0.05, 0.1) is 15.2 Å². The Kier molecular flexibility index (Phi) is 1.56. The van der Waals surface area contributed by atoms with Gasteiger partial charge in [0.25, 0.3) is 17.7 Å². The maximum atomic E-state index is 12.9. The van der Waals surface area contributed by atoms with Crippen molar-refractivity contribution >= 4 is 29.3 Å². The topological polar surface area (TPSA) is 110 Å². The third-order valence-electron chi connectivity index (χ3n) is 3.46. The maximum absolute atomic E-state index is 12.9. The number of rotatable bonds is 1. The molecule has 0 unspecified atom stereocenters. The summed E-state index contributed by atoms with van der Waals surface area (Å²) in [6.45, 7) is -3.18. The summed E-state index contributed by atoms with van der Waals surface area (Å²) in [6.07, 6.45) is -1.05. The summed E-state index contributed by atoms with van der Waals surface area (Å²) in [4.78, 5) is 50.0. The summed E-state index contributed by atoms with van der Waals surface area (Å²) >= 11 is 0. The minimum atomic E-state index is -3.18. The van der Waals surface area contributed by atoms with E-state index in [1.165, 1.54) is 0 Å². The number of hydrogen-bond donors (Lipinski definition) is 2. The molecule has 3 rings (SSSR count). The van der Waals surface area contributed by atoms with Crippen LogP contribution in [0.2, 0.25) is 0 Å². The second kappa shape index (κ2) is 4.15. The van der Waals surface area contributed by atoms with Gasteiger partial charge in [-0.25, -0.2) is 0 Å². The van der Waals surface area contributed by atoms with E-state index < -0.39 is 83.8 Å². The van der Waals surface area contributed by atoms with Gasteiger partial charge in [0.2, 0.25) is 5.91 Å². The van der Waals surface area contributed by atoms with Crippen molar-refractivity contribution in [2.45, 2.75) is 25.2 Å². The van der Waals surface area contributed by atoms with Crippen molar-refractivity contribution < 1.29 is 27.4 Å². The molecule has 1 aromatic carbocycles. The Bertz CT molecular complexity index is 897. The molecule has 4 amide bonds. The zero-order chi connectivity index (χ0) is 20.5. The molecule has 0 saturated carbocycles. The highest BCUT2D eigenvalue weighted by atomic mass is 16.2. The van der Waals surface area contributed by atoms with E-state index in [-0.39, 0.29) is 4.90 Å². The van der Waals surface area contributed by atoms with Crippen molar-refractivity contribution in [1.82, 2.24) is 10.2 Å². The lowest BCUT2D eigenvalue weighted by Crippen LogP contribution is -2.62. The van der Waals surface area contributed by atoms with Crippen molar-refractivity contribution in [3.05, 3.63) is 29.3 Å². The number of nitrogens with one attached hydrogen (secondary N) is 1. The van der Waals surface area contributed by atoms with Gasteiger partial charge in [-0.05, 0) is 25.4 Å². The van der Waals surface area contributed by atoms with Crippen LogP contribution in [0.3, 0.4) is 0 Å². The number of nitrogens with zero attached hydrogens (tertiary/aromatic N) is 1. The van der Waals surface area contributed by atoms with Crippen molar-refractivity contribution in [2.24, 2.45) is 0 Å². The molecule has 21 heavy (non-hydrogen) atoms. The molecule has 2 heterocycles. The van der Waals surface area contributed by atoms with E-state index >= 15 is 0 Å². The van der Waals surface area contributed by atoms with Gasteiger partial charge in [0.1, 0.15) is 5.54 Å². The van der Waals surface area contributed by atoms with E-state index in [0.29, 0.717) is 0 Å². The summed E-state index contributed by atoms with van der Waals surface area (Å²) in [5.41, 5.74) is 1.23. The quantitative estimate of drug-likeness (QED) is 0.562. The summed E-state index contributed by atoms with van der Waals surface area (Å²) in [5, 5.41) is 1.84. The first-order chi connectivity index (χ1) is 12.4. The van der Waals surface area contributed by atoms with Crippen LogP contribution in [-0.4, -0.2) is 34.1 Å². The van der Waals surface area contributed by atoms with Gasteiger partial charge in [-0.15, -0.1) is 0 Å². The Morgan fingerprint density at radius 2 is 2.10 bits per heavy atom. The molecule has 1 atom stereocenters. The largest absolute Gasteiger partial charge is 0.398 e. The van der Waals surface area contributed by atoms with Gasteiger partial charge in [-0.1, -0.05) is 6.04 Å².